The number of ketones is 1. The molecule has 0 radical (unpaired) electrons. The number of likely N-dealkylation sites (N-methyl/N-ethyl adjacent to an activating group) is 1. The van der Waals surface area contributed by atoms with E-state index in [0.29, 0.717) is 35.7 Å². The quantitative estimate of drug-likeness (QED) is 0.771. The molecule has 19 heavy (non-hydrogen) atoms. The maximum Gasteiger partial charge on any atom is 0.147 e. The van der Waals surface area contributed by atoms with Gasteiger partial charge in [-0.1, -0.05) is 13.8 Å². The van der Waals surface area contributed by atoms with E-state index in [0.717, 1.165) is 19.0 Å². The van der Waals surface area contributed by atoms with Gasteiger partial charge in [-0.2, -0.15) is 0 Å². The van der Waals surface area contributed by atoms with Crippen LogP contribution in [-0.4, -0.2) is 49.1 Å². The SMILES string of the molecule is CC(=O)C1C(C(C)C)C2C3CCNCC3NC2N1C. The molecule has 0 saturated carbocycles. The van der Waals surface area contributed by atoms with Crippen molar-refractivity contribution < 1.29 is 4.79 Å². The summed E-state index contributed by atoms with van der Waals surface area (Å²) in [6.07, 6.45) is 1.65. The highest BCUT2D eigenvalue weighted by molar-refractivity contribution is 5.82. The lowest BCUT2D eigenvalue weighted by Crippen LogP contribution is -2.51. The van der Waals surface area contributed by atoms with Gasteiger partial charge in [-0.15, -0.1) is 0 Å². The summed E-state index contributed by atoms with van der Waals surface area (Å²) in [5.74, 6) is 2.80. The Morgan fingerprint density at radius 2 is 2.11 bits per heavy atom. The van der Waals surface area contributed by atoms with Gasteiger partial charge in [0, 0.05) is 12.6 Å². The smallest absolute Gasteiger partial charge is 0.147 e. The Labute approximate surface area is 116 Å². The van der Waals surface area contributed by atoms with Gasteiger partial charge in [0.15, 0.2) is 0 Å². The van der Waals surface area contributed by atoms with Gasteiger partial charge in [-0.3, -0.25) is 15.0 Å². The lowest BCUT2D eigenvalue weighted by molar-refractivity contribution is -0.123. The van der Waals surface area contributed by atoms with Crippen molar-refractivity contribution in [2.75, 3.05) is 20.1 Å². The van der Waals surface area contributed by atoms with Gasteiger partial charge in [0.1, 0.15) is 5.78 Å². The standard InChI is InChI=1S/C15H27N3O/c1-8(2)12-13-10-5-6-16-7-11(10)17-15(13)18(4)14(12)9(3)19/h8,10-17H,5-7H2,1-4H3. The fourth-order valence-corrected chi connectivity index (χ4v) is 4.99. The van der Waals surface area contributed by atoms with Crippen LogP contribution in [0.5, 0.6) is 0 Å². The molecule has 108 valence electrons. The van der Waals surface area contributed by atoms with Crippen molar-refractivity contribution in [2.24, 2.45) is 23.7 Å². The largest absolute Gasteiger partial charge is 0.315 e. The van der Waals surface area contributed by atoms with Crippen molar-refractivity contribution in [3.05, 3.63) is 0 Å². The summed E-state index contributed by atoms with van der Waals surface area (Å²) in [6.45, 7) is 8.54. The Bertz CT molecular complexity index is 370. The number of hydrogen-bond donors (Lipinski definition) is 2. The zero-order valence-electron chi connectivity index (χ0n) is 12.5. The Balaban J connectivity index is 1.92. The first-order valence-corrected chi connectivity index (χ1v) is 7.71. The summed E-state index contributed by atoms with van der Waals surface area (Å²) in [5.41, 5.74) is 0. The van der Waals surface area contributed by atoms with E-state index < -0.39 is 0 Å². The molecule has 0 aliphatic carbocycles. The van der Waals surface area contributed by atoms with E-state index in [1.54, 1.807) is 6.92 Å². The van der Waals surface area contributed by atoms with Gasteiger partial charge in [0.25, 0.3) is 0 Å². The van der Waals surface area contributed by atoms with E-state index in [1.807, 2.05) is 0 Å². The van der Waals surface area contributed by atoms with E-state index in [2.05, 4.69) is 36.4 Å². The lowest BCUT2D eigenvalue weighted by atomic mass is 9.72. The van der Waals surface area contributed by atoms with Crippen molar-refractivity contribution >= 4 is 5.78 Å². The second-order valence-corrected chi connectivity index (χ2v) is 6.99. The molecule has 2 N–H and O–H groups in total. The molecular weight excluding hydrogens is 238 g/mol. The topological polar surface area (TPSA) is 44.4 Å². The van der Waals surface area contributed by atoms with Crippen molar-refractivity contribution in [3.63, 3.8) is 0 Å². The molecule has 6 unspecified atom stereocenters. The summed E-state index contributed by atoms with van der Waals surface area (Å²) >= 11 is 0. The molecule has 3 heterocycles. The second kappa shape index (κ2) is 4.83. The summed E-state index contributed by atoms with van der Waals surface area (Å²) in [4.78, 5) is 14.4. The van der Waals surface area contributed by atoms with Crippen LogP contribution in [0.15, 0.2) is 0 Å². The number of carbonyl (C=O) groups is 1. The van der Waals surface area contributed by atoms with Gasteiger partial charge < -0.3 is 5.32 Å². The molecule has 0 bridgehead atoms. The van der Waals surface area contributed by atoms with Crippen LogP contribution in [0.2, 0.25) is 0 Å². The molecule has 4 nitrogen and oxygen atoms in total. The fourth-order valence-electron chi connectivity index (χ4n) is 4.99. The number of likely N-dealkylation sites (tertiary alicyclic amines) is 1. The Hall–Kier alpha value is -0.450. The van der Waals surface area contributed by atoms with E-state index in [9.17, 15) is 4.79 Å². The molecule has 3 fully saturated rings. The van der Waals surface area contributed by atoms with Crippen molar-refractivity contribution in [1.82, 2.24) is 15.5 Å². The average molecular weight is 265 g/mol. The minimum Gasteiger partial charge on any atom is -0.315 e. The van der Waals surface area contributed by atoms with Crippen LogP contribution in [-0.2, 0) is 4.79 Å². The van der Waals surface area contributed by atoms with Crippen LogP contribution in [0, 0.1) is 23.7 Å². The normalized spacial score (nSPS) is 46.4. The molecule has 3 aliphatic heterocycles. The van der Waals surface area contributed by atoms with Crippen LogP contribution in [0.3, 0.4) is 0 Å². The Kier molecular flexibility index (Phi) is 3.44. The summed E-state index contributed by atoms with van der Waals surface area (Å²) < 4.78 is 0. The monoisotopic (exact) mass is 265 g/mol. The Morgan fingerprint density at radius 3 is 2.74 bits per heavy atom. The first-order chi connectivity index (χ1) is 9.02. The van der Waals surface area contributed by atoms with Crippen LogP contribution in [0.25, 0.3) is 0 Å². The third kappa shape index (κ3) is 1.96. The van der Waals surface area contributed by atoms with E-state index >= 15 is 0 Å². The highest BCUT2D eigenvalue weighted by Gasteiger charge is 2.58. The molecular formula is C15H27N3O. The van der Waals surface area contributed by atoms with Crippen LogP contribution in [0.1, 0.15) is 27.2 Å². The van der Waals surface area contributed by atoms with Crippen LogP contribution in [0.4, 0.5) is 0 Å². The number of nitrogens with one attached hydrogen (secondary N) is 2. The molecule has 6 atom stereocenters. The number of Topliss-reactive ketones (excluding diaryl/α,β-unsaturated/α-hetero) is 1. The highest BCUT2D eigenvalue weighted by Crippen LogP contribution is 2.48. The lowest BCUT2D eigenvalue weighted by Gasteiger charge is -2.35. The van der Waals surface area contributed by atoms with Crippen molar-refractivity contribution in [2.45, 2.75) is 45.4 Å². The van der Waals surface area contributed by atoms with Crippen LogP contribution >= 0.6 is 0 Å². The predicted octanol–water partition coefficient (Wildman–Crippen LogP) is 0.685. The maximum atomic E-state index is 12.1. The maximum absolute atomic E-state index is 12.1. The van der Waals surface area contributed by atoms with Gasteiger partial charge in [-0.25, -0.2) is 0 Å². The third-order valence-corrected chi connectivity index (χ3v) is 5.65. The molecule has 0 aromatic carbocycles. The number of carbonyl (C=O) groups excluding carboxylic acids is 1. The number of rotatable bonds is 2. The summed E-state index contributed by atoms with van der Waals surface area (Å²) in [7, 11) is 2.13. The zero-order chi connectivity index (χ0) is 13.7. The first kappa shape index (κ1) is 13.5. The molecule has 0 aromatic heterocycles. The van der Waals surface area contributed by atoms with Crippen molar-refractivity contribution in [1.29, 1.82) is 0 Å². The number of nitrogens with zero attached hydrogens (tertiary/aromatic N) is 1. The van der Waals surface area contributed by atoms with Gasteiger partial charge >= 0.3 is 0 Å². The van der Waals surface area contributed by atoms with E-state index in [4.69, 9.17) is 0 Å². The predicted molar refractivity (Wildman–Crippen MR) is 75.7 cm³/mol. The highest BCUT2D eigenvalue weighted by atomic mass is 16.1. The molecule has 3 saturated heterocycles. The second-order valence-electron chi connectivity index (χ2n) is 6.99. The van der Waals surface area contributed by atoms with Gasteiger partial charge in [0.05, 0.1) is 12.2 Å². The molecule has 3 rings (SSSR count). The molecule has 0 aromatic rings. The number of piperidine rings is 1. The zero-order valence-corrected chi connectivity index (χ0v) is 12.5. The number of hydrogen-bond acceptors (Lipinski definition) is 4. The van der Waals surface area contributed by atoms with E-state index in [-0.39, 0.29) is 6.04 Å². The minimum absolute atomic E-state index is 0.110. The third-order valence-electron chi connectivity index (χ3n) is 5.65. The molecule has 0 amide bonds. The van der Waals surface area contributed by atoms with Crippen LogP contribution < -0.4 is 10.6 Å². The minimum atomic E-state index is 0.110. The molecule has 4 heteroatoms. The van der Waals surface area contributed by atoms with E-state index in [1.165, 1.54) is 6.42 Å². The van der Waals surface area contributed by atoms with Gasteiger partial charge in [-0.05, 0) is 50.6 Å². The first-order valence-electron chi connectivity index (χ1n) is 7.71. The molecule has 3 aliphatic rings. The summed E-state index contributed by atoms with van der Waals surface area (Å²) in [5, 5.41) is 7.28. The number of fused-ring (bicyclic) bond motifs is 3. The summed E-state index contributed by atoms with van der Waals surface area (Å²) in [6, 6.07) is 0.707. The molecule has 0 spiro atoms. The average Bonchev–Trinajstić information content (AvgIpc) is 2.85. The van der Waals surface area contributed by atoms with Gasteiger partial charge in [0.2, 0.25) is 0 Å². The van der Waals surface area contributed by atoms with Crippen molar-refractivity contribution in [3.8, 4) is 0 Å². The fraction of sp³-hybridized carbons (Fsp3) is 0.933. The Morgan fingerprint density at radius 1 is 1.37 bits per heavy atom.